The lowest BCUT2D eigenvalue weighted by Gasteiger charge is -2.09. The molecule has 0 bridgehead atoms. The fourth-order valence-corrected chi connectivity index (χ4v) is 2.13. The molecule has 0 aromatic heterocycles. The van der Waals surface area contributed by atoms with E-state index in [2.05, 4.69) is 4.99 Å². The van der Waals surface area contributed by atoms with Gasteiger partial charge < -0.3 is 10.2 Å². The summed E-state index contributed by atoms with van der Waals surface area (Å²) in [4.78, 5) is 14.6. The van der Waals surface area contributed by atoms with E-state index in [1.807, 2.05) is 6.92 Å². The van der Waals surface area contributed by atoms with Gasteiger partial charge in [0.1, 0.15) is 11.5 Å². The number of hydrogen-bond acceptors (Lipinski definition) is 5. The minimum atomic E-state index is -0.485. The standard InChI is InChI=1S/C16H16N2O4/c1-3-11-7-14(16(20)9-15(11)19)10(2)17-12-5-4-6-13(8-12)18(21)22/h4-9,19-20H,3H2,1-2H3. The van der Waals surface area contributed by atoms with Gasteiger partial charge >= 0.3 is 0 Å². The third kappa shape index (κ3) is 3.22. The van der Waals surface area contributed by atoms with E-state index in [-0.39, 0.29) is 17.2 Å². The number of phenols is 2. The molecule has 0 saturated heterocycles. The van der Waals surface area contributed by atoms with Gasteiger partial charge in [0.25, 0.3) is 5.69 Å². The van der Waals surface area contributed by atoms with Crippen molar-refractivity contribution >= 4 is 17.1 Å². The van der Waals surface area contributed by atoms with Gasteiger partial charge in [-0.3, -0.25) is 15.1 Å². The fourth-order valence-electron chi connectivity index (χ4n) is 2.13. The highest BCUT2D eigenvalue weighted by molar-refractivity contribution is 6.02. The van der Waals surface area contributed by atoms with Gasteiger partial charge in [0.05, 0.1) is 10.6 Å². The topological polar surface area (TPSA) is 96.0 Å². The molecule has 0 unspecified atom stereocenters. The largest absolute Gasteiger partial charge is 0.508 e. The van der Waals surface area contributed by atoms with E-state index < -0.39 is 4.92 Å². The van der Waals surface area contributed by atoms with E-state index >= 15 is 0 Å². The van der Waals surface area contributed by atoms with Gasteiger partial charge in [-0.05, 0) is 31.0 Å². The first-order valence-electron chi connectivity index (χ1n) is 6.77. The van der Waals surface area contributed by atoms with Gasteiger partial charge in [-0.15, -0.1) is 0 Å². The van der Waals surface area contributed by atoms with Crippen LogP contribution >= 0.6 is 0 Å². The summed E-state index contributed by atoms with van der Waals surface area (Å²) >= 11 is 0. The molecular formula is C16H16N2O4. The molecule has 114 valence electrons. The molecule has 22 heavy (non-hydrogen) atoms. The SMILES string of the molecule is CCc1cc(C(C)=Nc2cccc([N+](=O)[O-])c2)c(O)cc1O. The van der Waals surface area contributed by atoms with E-state index in [0.717, 1.165) is 0 Å². The third-order valence-electron chi connectivity index (χ3n) is 3.31. The molecule has 2 rings (SSSR count). The van der Waals surface area contributed by atoms with Crippen LogP contribution in [0.3, 0.4) is 0 Å². The first-order chi connectivity index (χ1) is 10.4. The van der Waals surface area contributed by atoms with Crippen LogP contribution in [0.15, 0.2) is 41.4 Å². The monoisotopic (exact) mass is 300 g/mol. The van der Waals surface area contributed by atoms with Crippen LogP contribution in [0.1, 0.15) is 25.0 Å². The number of aromatic hydroxyl groups is 2. The first kappa shape index (κ1) is 15.5. The van der Waals surface area contributed by atoms with Gasteiger partial charge in [-0.1, -0.05) is 13.0 Å². The summed E-state index contributed by atoms with van der Waals surface area (Å²) in [6.07, 6.45) is 0.614. The Labute approximate surface area is 127 Å². The van der Waals surface area contributed by atoms with E-state index in [0.29, 0.717) is 28.9 Å². The van der Waals surface area contributed by atoms with Gasteiger partial charge in [0, 0.05) is 29.5 Å². The highest BCUT2D eigenvalue weighted by atomic mass is 16.6. The molecule has 0 atom stereocenters. The highest BCUT2D eigenvalue weighted by Gasteiger charge is 2.11. The van der Waals surface area contributed by atoms with Crippen molar-refractivity contribution in [3.8, 4) is 11.5 Å². The zero-order chi connectivity index (χ0) is 16.3. The number of phenolic OH excluding ortho intramolecular Hbond substituents is 2. The zero-order valence-corrected chi connectivity index (χ0v) is 12.3. The molecule has 0 saturated carbocycles. The number of aryl methyl sites for hydroxylation is 1. The van der Waals surface area contributed by atoms with Gasteiger partial charge in [0.15, 0.2) is 0 Å². The normalized spacial score (nSPS) is 11.5. The summed E-state index contributed by atoms with van der Waals surface area (Å²) in [6.45, 7) is 3.59. The van der Waals surface area contributed by atoms with Gasteiger partial charge in [0.2, 0.25) is 0 Å². The van der Waals surface area contributed by atoms with Crippen molar-refractivity contribution in [2.24, 2.45) is 4.99 Å². The molecule has 0 aliphatic carbocycles. The second kappa shape index (κ2) is 6.26. The summed E-state index contributed by atoms with van der Waals surface area (Å²) in [7, 11) is 0. The summed E-state index contributed by atoms with van der Waals surface area (Å²) < 4.78 is 0. The number of aliphatic imine (C=N–C) groups is 1. The van der Waals surface area contributed by atoms with Crippen LogP contribution in [-0.2, 0) is 6.42 Å². The van der Waals surface area contributed by atoms with Crippen molar-refractivity contribution in [3.63, 3.8) is 0 Å². The van der Waals surface area contributed by atoms with Crippen molar-refractivity contribution in [1.82, 2.24) is 0 Å². The minimum Gasteiger partial charge on any atom is -0.508 e. The van der Waals surface area contributed by atoms with Crippen molar-refractivity contribution in [2.45, 2.75) is 20.3 Å². The predicted molar refractivity (Wildman–Crippen MR) is 84.1 cm³/mol. The molecule has 2 aromatic rings. The highest BCUT2D eigenvalue weighted by Crippen LogP contribution is 2.29. The Morgan fingerprint density at radius 1 is 1.23 bits per heavy atom. The Hall–Kier alpha value is -2.89. The van der Waals surface area contributed by atoms with Crippen molar-refractivity contribution in [3.05, 3.63) is 57.6 Å². The second-order valence-electron chi connectivity index (χ2n) is 4.83. The second-order valence-corrected chi connectivity index (χ2v) is 4.83. The van der Waals surface area contributed by atoms with E-state index in [1.165, 1.54) is 18.2 Å². The third-order valence-corrected chi connectivity index (χ3v) is 3.31. The number of nitro benzene ring substituents is 1. The van der Waals surface area contributed by atoms with Gasteiger partial charge in [-0.25, -0.2) is 0 Å². The lowest BCUT2D eigenvalue weighted by Crippen LogP contribution is -1.97. The van der Waals surface area contributed by atoms with Crippen LogP contribution in [0.5, 0.6) is 11.5 Å². The average molecular weight is 300 g/mol. The molecule has 6 nitrogen and oxygen atoms in total. The number of non-ortho nitro benzene ring substituents is 1. The lowest BCUT2D eigenvalue weighted by atomic mass is 10.0. The Morgan fingerprint density at radius 3 is 2.59 bits per heavy atom. The Kier molecular flexibility index (Phi) is 4.41. The molecule has 0 aliphatic heterocycles. The molecule has 0 fully saturated rings. The maximum atomic E-state index is 10.8. The minimum absolute atomic E-state index is 0.0342. The van der Waals surface area contributed by atoms with Crippen LogP contribution in [0.4, 0.5) is 11.4 Å². The molecule has 0 amide bonds. The number of rotatable bonds is 4. The first-order valence-corrected chi connectivity index (χ1v) is 6.77. The van der Waals surface area contributed by atoms with Gasteiger partial charge in [-0.2, -0.15) is 0 Å². The Balaban J connectivity index is 2.45. The molecular weight excluding hydrogens is 284 g/mol. The smallest absolute Gasteiger partial charge is 0.271 e. The predicted octanol–water partition coefficient (Wildman–Crippen LogP) is 3.71. The summed E-state index contributed by atoms with van der Waals surface area (Å²) in [5.74, 6) is -0.0479. The number of nitro groups is 1. The van der Waals surface area contributed by atoms with Crippen LogP contribution in [-0.4, -0.2) is 20.8 Å². The summed E-state index contributed by atoms with van der Waals surface area (Å²) in [6, 6.07) is 8.90. The molecule has 0 aliphatic rings. The van der Waals surface area contributed by atoms with Crippen molar-refractivity contribution in [2.75, 3.05) is 0 Å². The van der Waals surface area contributed by atoms with Crippen LogP contribution in [0.2, 0.25) is 0 Å². The van der Waals surface area contributed by atoms with Crippen LogP contribution in [0.25, 0.3) is 0 Å². The summed E-state index contributed by atoms with van der Waals surface area (Å²) in [5.41, 5.74) is 2.07. The maximum Gasteiger partial charge on any atom is 0.271 e. The van der Waals surface area contributed by atoms with E-state index in [1.54, 1.807) is 25.1 Å². The quantitative estimate of drug-likeness (QED) is 0.511. The van der Waals surface area contributed by atoms with Crippen LogP contribution < -0.4 is 0 Å². The molecule has 0 heterocycles. The Morgan fingerprint density at radius 2 is 1.95 bits per heavy atom. The van der Waals surface area contributed by atoms with Crippen molar-refractivity contribution < 1.29 is 15.1 Å². The Bertz CT molecular complexity index is 754. The van der Waals surface area contributed by atoms with E-state index in [9.17, 15) is 20.3 Å². The van der Waals surface area contributed by atoms with E-state index in [4.69, 9.17) is 0 Å². The molecule has 6 heteroatoms. The molecule has 2 N–H and O–H groups in total. The molecule has 2 aromatic carbocycles. The van der Waals surface area contributed by atoms with Crippen molar-refractivity contribution in [1.29, 1.82) is 0 Å². The number of hydrogen-bond donors (Lipinski definition) is 2. The average Bonchev–Trinajstić information content (AvgIpc) is 2.47. The van der Waals surface area contributed by atoms with Crippen LogP contribution in [0, 0.1) is 10.1 Å². The number of benzene rings is 2. The summed E-state index contributed by atoms with van der Waals surface area (Å²) in [5, 5.41) is 30.4. The molecule has 0 spiro atoms. The zero-order valence-electron chi connectivity index (χ0n) is 12.3. The number of nitrogens with zero attached hydrogens (tertiary/aromatic N) is 2. The molecule has 0 radical (unpaired) electrons. The maximum absolute atomic E-state index is 10.8. The fraction of sp³-hybridized carbons (Fsp3) is 0.188. The lowest BCUT2D eigenvalue weighted by molar-refractivity contribution is -0.384.